The van der Waals surface area contributed by atoms with Gasteiger partial charge in [-0.15, -0.1) is 11.5 Å². The molecule has 0 bridgehead atoms. The molecule has 0 aromatic carbocycles. The molecule has 186 valence electrons. The van der Waals surface area contributed by atoms with Crippen LogP contribution in [0.15, 0.2) is 55.0 Å². The number of aromatic nitrogens is 4. The van der Waals surface area contributed by atoms with Crippen LogP contribution in [0.4, 0.5) is 5.82 Å². The number of hydrogen-bond donors (Lipinski definition) is 1. The SMILES string of the molecule is C#CC(C)(O)COc1nn2cccc(-c3ccc(N4CC(Oc5ccc(OC)nc5)C4)nc3)c2c1C#N. The van der Waals surface area contributed by atoms with E-state index in [1.54, 1.807) is 36.3 Å². The van der Waals surface area contributed by atoms with E-state index in [1.165, 1.54) is 6.92 Å². The predicted molar refractivity (Wildman–Crippen MR) is 136 cm³/mol. The van der Waals surface area contributed by atoms with Crippen molar-refractivity contribution >= 4 is 11.3 Å². The number of terminal acetylenes is 1. The van der Waals surface area contributed by atoms with Gasteiger partial charge >= 0.3 is 0 Å². The van der Waals surface area contributed by atoms with Crippen LogP contribution in [-0.4, -0.2) is 63.2 Å². The van der Waals surface area contributed by atoms with Gasteiger partial charge < -0.3 is 24.2 Å². The van der Waals surface area contributed by atoms with Crippen LogP contribution in [0.2, 0.25) is 0 Å². The standard InChI is InChI=1S/C27H24N6O4/c1-4-27(2,34)17-36-26-22(12-28)25-21(6-5-11-33(25)31-26)18-7-9-23(29-13-18)32-15-20(16-32)37-19-8-10-24(35-3)30-14-19/h1,5-11,13-14,20,34H,15-17H2,2-3H3. The summed E-state index contributed by atoms with van der Waals surface area (Å²) >= 11 is 0. The maximum atomic E-state index is 10.1. The zero-order valence-electron chi connectivity index (χ0n) is 20.3. The molecule has 5 rings (SSSR count). The maximum Gasteiger partial charge on any atom is 0.252 e. The number of fused-ring (bicyclic) bond motifs is 1. The molecule has 1 N–H and O–H groups in total. The average Bonchev–Trinajstić information content (AvgIpc) is 3.28. The van der Waals surface area contributed by atoms with E-state index in [0.717, 1.165) is 16.9 Å². The molecular weight excluding hydrogens is 472 g/mol. The third-order valence-corrected chi connectivity index (χ3v) is 5.99. The summed E-state index contributed by atoms with van der Waals surface area (Å²) in [5.74, 6) is 4.42. The Bertz CT molecular complexity index is 1490. The third-order valence-electron chi connectivity index (χ3n) is 5.99. The Morgan fingerprint density at radius 1 is 1.19 bits per heavy atom. The van der Waals surface area contributed by atoms with Gasteiger partial charge in [-0.2, -0.15) is 5.26 Å². The van der Waals surface area contributed by atoms with E-state index in [0.29, 0.717) is 30.2 Å². The number of methoxy groups -OCH3 is 1. The van der Waals surface area contributed by atoms with Gasteiger partial charge in [-0.3, -0.25) is 0 Å². The Balaban J connectivity index is 1.30. The monoisotopic (exact) mass is 496 g/mol. The molecule has 1 aliphatic heterocycles. The quantitative estimate of drug-likeness (QED) is 0.367. The topological polar surface area (TPSA) is 118 Å². The molecular formula is C27H24N6O4. The fourth-order valence-electron chi connectivity index (χ4n) is 3.95. The number of pyridine rings is 3. The van der Waals surface area contributed by atoms with Gasteiger partial charge in [0, 0.05) is 29.6 Å². The number of hydrogen-bond acceptors (Lipinski definition) is 9. The van der Waals surface area contributed by atoms with Gasteiger partial charge in [0.25, 0.3) is 5.88 Å². The van der Waals surface area contributed by atoms with Gasteiger partial charge in [-0.25, -0.2) is 14.5 Å². The molecule has 0 saturated carbocycles. The Hall–Kier alpha value is -4.80. The predicted octanol–water partition coefficient (Wildman–Crippen LogP) is 2.70. The zero-order valence-corrected chi connectivity index (χ0v) is 20.3. The summed E-state index contributed by atoms with van der Waals surface area (Å²) in [7, 11) is 1.57. The summed E-state index contributed by atoms with van der Waals surface area (Å²) in [4.78, 5) is 10.9. The minimum atomic E-state index is -1.47. The van der Waals surface area contributed by atoms with E-state index >= 15 is 0 Å². The lowest BCUT2D eigenvalue weighted by Gasteiger charge is -2.39. The minimum Gasteiger partial charge on any atom is -0.485 e. The van der Waals surface area contributed by atoms with Crippen molar-refractivity contribution < 1.29 is 19.3 Å². The molecule has 0 amide bonds. The molecule has 1 saturated heterocycles. The first-order valence-electron chi connectivity index (χ1n) is 11.5. The summed E-state index contributed by atoms with van der Waals surface area (Å²) in [5.41, 5.74) is 0.965. The fourth-order valence-corrected chi connectivity index (χ4v) is 3.95. The smallest absolute Gasteiger partial charge is 0.252 e. The van der Waals surface area contributed by atoms with Crippen molar-refractivity contribution in [3.63, 3.8) is 0 Å². The highest BCUT2D eigenvalue weighted by Gasteiger charge is 2.30. The minimum absolute atomic E-state index is 0.0454. The number of nitriles is 1. The van der Waals surface area contributed by atoms with E-state index in [1.807, 2.05) is 30.3 Å². The Morgan fingerprint density at radius 2 is 2.03 bits per heavy atom. The zero-order chi connectivity index (χ0) is 26.0. The summed E-state index contributed by atoms with van der Waals surface area (Å²) in [6, 6.07) is 13.4. The summed E-state index contributed by atoms with van der Waals surface area (Å²) < 4.78 is 18.2. The highest BCUT2D eigenvalue weighted by molar-refractivity contribution is 5.85. The lowest BCUT2D eigenvalue weighted by atomic mass is 10.0. The molecule has 1 aliphatic rings. The number of aliphatic hydroxyl groups is 1. The van der Waals surface area contributed by atoms with Crippen LogP contribution in [0.3, 0.4) is 0 Å². The Morgan fingerprint density at radius 3 is 2.68 bits per heavy atom. The van der Waals surface area contributed by atoms with Crippen LogP contribution < -0.4 is 19.1 Å². The van der Waals surface area contributed by atoms with E-state index in [2.05, 4.69) is 32.0 Å². The first kappa shape index (κ1) is 23.9. The second kappa shape index (κ2) is 9.69. The first-order chi connectivity index (χ1) is 17.9. The molecule has 1 unspecified atom stereocenters. The van der Waals surface area contributed by atoms with Gasteiger partial charge in [0.15, 0.2) is 5.60 Å². The van der Waals surface area contributed by atoms with E-state index < -0.39 is 5.60 Å². The number of rotatable bonds is 8. The average molecular weight is 497 g/mol. The van der Waals surface area contributed by atoms with Crippen LogP contribution in [0.1, 0.15) is 12.5 Å². The molecule has 4 aromatic heterocycles. The second-order valence-corrected chi connectivity index (χ2v) is 8.80. The largest absolute Gasteiger partial charge is 0.485 e. The van der Waals surface area contributed by atoms with Crippen LogP contribution in [0.25, 0.3) is 16.6 Å². The van der Waals surface area contributed by atoms with Crippen LogP contribution in [0, 0.1) is 23.7 Å². The fraction of sp³-hybridized carbons (Fsp3) is 0.259. The van der Waals surface area contributed by atoms with Gasteiger partial charge in [-0.05, 0) is 31.2 Å². The van der Waals surface area contributed by atoms with E-state index in [4.69, 9.17) is 20.6 Å². The summed E-state index contributed by atoms with van der Waals surface area (Å²) in [5, 5.41) is 24.3. The van der Waals surface area contributed by atoms with Gasteiger partial charge in [0.05, 0.1) is 31.9 Å². The van der Waals surface area contributed by atoms with Gasteiger partial charge in [-0.1, -0.05) is 12.0 Å². The first-order valence-corrected chi connectivity index (χ1v) is 11.5. The van der Waals surface area contributed by atoms with Crippen molar-refractivity contribution in [2.45, 2.75) is 18.6 Å². The highest BCUT2D eigenvalue weighted by atomic mass is 16.5. The molecule has 1 fully saturated rings. The van der Waals surface area contributed by atoms with Crippen molar-refractivity contribution in [3.8, 4) is 47.0 Å². The van der Waals surface area contributed by atoms with E-state index in [9.17, 15) is 10.4 Å². The number of nitrogens with zero attached hydrogens (tertiary/aromatic N) is 6. The van der Waals surface area contributed by atoms with Crippen molar-refractivity contribution in [3.05, 3.63) is 60.6 Å². The molecule has 0 spiro atoms. The van der Waals surface area contributed by atoms with E-state index in [-0.39, 0.29) is 24.2 Å². The highest BCUT2D eigenvalue weighted by Crippen LogP contribution is 2.32. The molecule has 5 heterocycles. The lowest BCUT2D eigenvalue weighted by Crippen LogP contribution is -2.54. The molecule has 4 aromatic rings. The van der Waals surface area contributed by atoms with Crippen molar-refractivity contribution in [1.82, 2.24) is 19.6 Å². The Labute approximate surface area is 213 Å². The van der Waals surface area contributed by atoms with Gasteiger partial charge in [0.2, 0.25) is 5.88 Å². The van der Waals surface area contributed by atoms with Crippen LogP contribution >= 0.6 is 0 Å². The number of ether oxygens (including phenoxy) is 3. The lowest BCUT2D eigenvalue weighted by molar-refractivity contribution is 0.0608. The van der Waals surface area contributed by atoms with Crippen molar-refractivity contribution in [1.29, 1.82) is 5.26 Å². The molecule has 37 heavy (non-hydrogen) atoms. The molecule has 10 heteroatoms. The molecule has 0 radical (unpaired) electrons. The Kier molecular flexibility index (Phi) is 6.26. The maximum absolute atomic E-state index is 10.1. The third kappa shape index (κ3) is 4.83. The normalized spacial score (nSPS) is 14.8. The van der Waals surface area contributed by atoms with Crippen LogP contribution in [0.5, 0.6) is 17.5 Å². The second-order valence-electron chi connectivity index (χ2n) is 8.80. The van der Waals surface area contributed by atoms with Crippen LogP contribution in [-0.2, 0) is 0 Å². The molecule has 0 aliphatic carbocycles. The number of anilines is 1. The van der Waals surface area contributed by atoms with Crippen molar-refractivity contribution in [2.24, 2.45) is 0 Å². The van der Waals surface area contributed by atoms with Crippen molar-refractivity contribution in [2.75, 3.05) is 31.7 Å². The molecule has 1 atom stereocenters. The molecule has 10 nitrogen and oxygen atoms in total. The van der Waals surface area contributed by atoms with Gasteiger partial charge in [0.1, 0.15) is 35.9 Å². The summed E-state index contributed by atoms with van der Waals surface area (Å²) in [6.45, 7) is 2.67. The summed E-state index contributed by atoms with van der Waals surface area (Å²) in [6.07, 6.45) is 10.5.